The fourth-order valence-corrected chi connectivity index (χ4v) is 1.90. The largest absolute Gasteiger partial charge is 0.348 e. The van der Waals surface area contributed by atoms with E-state index < -0.39 is 0 Å². The van der Waals surface area contributed by atoms with E-state index in [2.05, 4.69) is 39.2 Å². The number of rotatable bonds is 2. The Hall–Kier alpha value is -2.16. The number of pyridine rings is 1. The Balaban J connectivity index is 2.10. The molecular weight excluding hydrogens is 198 g/mol. The van der Waals surface area contributed by atoms with Crippen molar-refractivity contribution in [3.63, 3.8) is 0 Å². The zero-order valence-electron chi connectivity index (χ0n) is 8.72. The quantitative estimate of drug-likeness (QED) is 0.704. The Morgan fingerprint density at radius 3 is 2.94 bits per heavy atom. The molecule has 0 aliphatic carbocycles. The van der Waals surface area contributed by atoms with E-state index in [1.54, 1.807) is 6.33 Å². The maximum absolute atomic E-state index is 4.43. The summed E-state index contributed by atoms with van der Waals surface area (Å²) in [5, 5.41) is 1.18. The van der Waals surface area contributed by atoms with Gasteiger partial charge in [-0.05, 0) is 11.6 Å². The zero-order chi connectivity index (χ0) is 10.8. The molecule has 0 bridgehead atoms. The number of hydrogen-bond acceptors (Lipinski definition) is 2. The van der Waals surface area contributed by atoms with Gasteiger partial charge in [-0.3, -0.25) is 4.98 Å². The van der Waals surface area contributed by atoms with E-state index in [1.807, 2.05) is 18.5 Å². The molecule has 3 aromatic rings. The van der Waals surface area contributed by atoms with Crippen LogP contribution in [-0.2, 0) is 6.42 Å². The van der Waals surface area contributed by atoms with Gasteiger partial charge in [-0.1, -0.05) is 24.3 Å². The highest BCUT2D eigenvalue weighted by atomic mass is 14.9. The third kappa shape index (κ3) is 1.56. The molecule has 2 aromatic heterocycles. The van der Waals surface area contributed by atoms with Crippen LogP contribution in [0, 0.1) is 0 Å². The van der Waals surface area contributed by atoms with Crippen molar-refractivity contribution in [2.45, 2.75) is 6.42 Å². The second-order valence-electron chi connectivity index (χ2n) is 3.75. The van der Waals surface area contributed by atoms with Gasteiger partial charge in [0.25, 0.3) is 0 Å². The summed E-state index contributed by atoms with van der Waals surface area (Å²) in [5.41, 5.74) is 3.40. The van der Waals surface area contributed by atoms with E-state index >= 15 is 0 Å². The molecule has 2 heterocycles. The number of aromatic nitrogens is 3. The number of fused-ring (bicyclic) bond motifs is 1. The van der Waals surface area contributed by atoms with E-state index in [9.17, 15) is 0 Å². The van der Waals surface area contributed by atoms with E-state index in [0.29, 0.717) is 0 Å². The van der Waals surface area contributed by atoms with Gasteiger partial charge in [-0.15, -0.1) is 0 Å². The first-order valence-electron chi connectivity index (χ1n) is 5.23. The minimum atomic E-state index is 0.842. The second kappa shape index (κ2) is 3.77. The van der Waals surface area contributed by atoms with Crippen molar-refractivity contribution in [2.75, 3.05) is 0 Å². The topological polar surface area (TPSA) is 41.6 Å². The molecule has 0 saturated carbocycles. The van der Waals surface area contributed by atoms with Crippen molar-refractivity contribution >= 4 is 10.9 Å². The van der Waals surface area contributed by atoms with E-state index in [4.69, 9.17) is 0 Å². The monoisotopic (exact) mass is 209 g/mol. The van der Waals surface area contributed by atoms with Crippen LogP contribution < -0.4 is 0 Å². The Labute approximate surface area is 93.2 Å². The van der Waals surface area contributed by atoms with Crippen LogP contribution in [0.25, 0.3) is 10.9 Å². The van der Waals surface area contributed by atoms with Crippen molar-refractivity contribution in [1.82, 2.24) is 15.0 Å². The molecular formula is C13H11N3. The van der Waals surface area contributed by atoms with Gasteiger partial charge in [-0.2, -0.15) is 0 Å². The molecule has 0 aliphatic rings. The number of para-hydroxylation sites is 1. The van der Waals surface area contributed by atoms with Crippen LogP contribution in [0.3, 0.4) is 0 Å². The predicted octanol–water partition coefficient (Wildman–Crippen LogP) is 2.55. The normalized spacial score (nSPS) is 10.8. The molecule has 3 heteroatoms. The maximum atomic E-state index is 4.43. The summed E-state index contributed by atoms with van der Waals surface area (Å²) in [6, 6.07) is 10.3. The van der Waals surface area contributed by atoms with Crippen LogP contribution in [0.2, 0.25) is 0 Å². The molecule has 0 radical (unpaired) electrons. The maximum Gasteiger partial charge on any atom is 0.0921 e. The number of H-pyrrole nitrogens is 1. The number of aromatic amines is 1. The molecule has 0 amide bonds. The fraction of sp³-hybridized carbons (Fsp3) is 0.0769. The lowest BCUT2D eigenvalue weighted by Crippen LogP contribution is -1.91. The Morgan fingerprint density at radius 1 is 1.12 bits per heavy atom. The average molecular weight is 209 g/mol. The van der Waals surface area contributed by atoms with Crippen molar-refractivity contribution in [3.05, 3.63) is 60.3 Å². The standard InChI is InChI=1S/C13H11N3/c1-3-10-5-2-6-15-13(10)11(4-1)7-12-8-14-9-16-12/h1-6,8-9H,7H2,(H,14,16). The highest BCUT2D eigenvalue weighted by Gasteiger charge is 2.03. The van der Waals surface area contributed by atoms with Gasteiger partial charge in [0.15, 0.2) is 0 Å². The summed E-state index contributed by atoms with van der Waals surface area (Å²) >= 11 is 0. The van der Waals surface area contributed by atoms with Crippen LogP contribution in [0.5, 0.6) is 0 Å². The summed E-state index contributed by atoms with van der Waals surface area (Å²) in [7, 11) is 0. The summed E-state index contributed by atoms with van der Waals surface area (Å²) in [6.45, 7) is 0. The molecule has 0 fully saturated rings. The molecule has 78 valence electrons. The number of benzene rings is 1. The fourth-order valence-electron chi connectivity index (χ4n) is 1.90. The van der Waals surface area contributed by atoms with Gasteiger partial charge < -0.3 is 4.98 Å². The molecule has 0 atom stereocenters. The summed E-state index contributed by atoms with van der Waals surface area (Å²) in [5.74, 6) is 0. The summed E-state index contributed by atoms with van der Waals surface area (Å²) in [4.78, 5) is 11.6. The highest BCUT2D eigenvalue weighted by molar-refractivity contribution is 5.81. The molecule has 1 N–H and O–H groups in total. The van der Waals surface area contributed by atoms with E-state index in [1.165, 1.54) is 10.9 Å². The molecule has 0 unspecified atom stereocenters. The smallest absolute Gasteiger partial charge is 0.0921 e. The first kappa shape index (κ1) is 9.09. The van der Waals surface area contributed by atoms with Gasteiger partial charge in [0.1, 0.15) is 0 Å². The predicted molar refractivity (Wildman–Crippen MR) is 63.1 cm³/mol. The third-order valence-corrected chi connectivity index (χ3v) is 2.65. The first-order valence-corrected chi connectivity index (χ1v) is 5.23. The van der Waals surface area contributed by atoms with E-state index in [0.717, 1.165) is 17.6 Å². The molecule has 16 heavy (non-hydrogen) atoms. The molecule has 0 spiro atoms. The number of nitrogens with one attached hydrogen (secondary N) is 1. The Kier molecular flexibility index (Phi) is 2.14. The van der Waals surface area contributed by atoms with E-state index in [-0.39, 0.29) is 0 Å². The lowest BCUT2D eigenvalue weighted by atomic mass is 10.1. The van der Waals surface area contributed by atoms with Crippen molar-refractivity contribution < 1.29 is 0 Å². The molecule has 3 nitrogen and oxygen atoms in total. The van der Waals surface area contributed by atoms with Gasteiger partial charge >= 0.3 is 0 Å². The zero-order valence-corrected chi connectivity index (χ0v) is 8.72. The number of hydrogen-bond donors (Lipinski definition) is 1. The lowest BCUT2D eigenvalue weighted by molar-refractivity contribution is 1.11. The van der Waals surface area contributed by atoms with Gasteiger partial charge in [0.05, 0.1) is 11.8 Å². The summed E-state index contributed by atoms with van der Waals surface area (Å²) in [6.07, 6.45) is 6.23. The highest BCUT2D eigenvalue weighted by Crippen LogP contribution is 2.18. The number of nitrogens with zero attached hydrogens (tertiary/aromatic N) is 2. The third-order valence-electron chi connectivity index (χ3n) is 2.65. The Morgan fingerprint density at radius 2 is 2.06 bits per heavy atom. The average Bonchev–Trinajstić information content (AvgIpc) is 2.82. The summed E-state index contributed by atoms with van der Waals surface area (Å²) < 4.78 is 0. The van der Waals surface area contributed by atoms with Crippen LogP contribution in [0.4, 0.5) is 0 Å². The Bertz CT molecular complexity index is 594. The van der Waals surface area contributed by atoms with Crippen LogP contribution in [0.1, 0.15) is 11.3 Å². The second-order valence-corrected chi connectivity index (χ2v) is 3.75. The molecule has 0 saturated heterocycles. The van der Waals surface area contributed by atoms with Crippen molar-refractivity contribution in [3.8, 4) is 0 Å². The van der Waals surface area contributed by atoms with Gasteiger partial charge in [0.2, 0.25) is 0 Å². The van der Waals surface area contributed by atoms with Crippen LogP contribution >= 0.6 is 0 Å². The minimum Gasteiger partial charge on any atom is -0.348 e. The van der Waals surface area contributed by atoms with Crippen molar-refractivity contribution in [2.24, 2.45) is 0 Å². The lowest BCUT2D eigenvalue weighted by Gasteiger charge is -2.03. The SMILES string of the molecule is c1cnc2c(Cc3cnc[nH]3)cccc2c1. The molecule has 0 aliphatic heterocycles. The minimum absolute atomic E-state index is 0.842. The molecule has 1 aromatic carbocycles. The van der Waals surface area contributed by atoms with Gasteiger partial charge in [-0.25, -0.2) is 4.98 Å². The molecule has 3 rings (SSSR count). The van der Waals surface area contributed by atoms with Crippen molar-refractivity contribution in [1.29, 1.82) is 0 Å². The van der Waals surface area contributed by atoms with Gasteiger partial charge in [0, 0.05) is 29.9 Å². The van der Waals surface area contributed by atoms with Crippen LogP contribution in [0.15, 0.2) is 49.1 Å². The van der Waals surface area contributed by atoms with Crippen LogP contribution in [-0.4, -0.2) is 15.0 Å². The first-order chi connectivity index (χ1) is 7.93. The number of imidazole rings is 1.